The van der Waals surface area contributed by atoms with Crippen LogP contribution in [0.25, 0.3) is 0 Å². The van der Waals surface area contributed by atoms with Crippen LogP contribution in [0.4, 0.5) is 0 Å². The van der Waals surface area contributed by atoms with Gasteiger partial charge in [-0.2, -0.15) is 0 Å². The number of carbonyl (C=O) groups excluding carboxylic acids is 1. The molecule has 0 saturated heterocycles. The molecule has 0 N–H and O–H groups in total. The van der Waals surface area contributed by atoms with E-state index in [4.69, 9.17) is 11.6 Å². The average Bonchev–Trinajstić information content (AvgIpc) is 2.30. The maximum Gasteiger partial charge on any atom is 0.268 e. The first-order valence-electron chi connectivity index (χ1n) is 3.33. The van der Waals surface area contributed by atoms with Gasteiger partial charge in [-0.25, -0.2) is 0 Å². The van der Waals surface area contributed by atoms with Gasteiger partial charge in [0.1, 0.15) is 11.5 Å². The van der Waals surface area contributed by atoms with E-state index >= 15 is 0 Å². The summed E-state index contributed by atoms with van der Waals surface area (Å²) in [6, 6.07) is 0. The summed E-state index contributed by atoms with van der Waals surface area (Å²) in [4.78, 5) is 11.5. The zero-order valence-corrected chi connectivity index (χ0v) is 8.00. The molecular formula is C7H9ClNOS+. The zero-order chi connectivity index (χ0) is 8.43. The van der Waals surface area contributed by atoms with Gasteiger partial charge in [-0.05, 0) is 18.0 Å². The lowest BCUT2D eigenvalue weighted by atomic mass is 10.2. The van der Waals surface area contributed by atoms with Crippen LogP contribution in [0.2, 0.25) is 0 Å². The number of aryl methyl sites for hydroxylation is 2. The third-order valence-electron chi connectivity index (χ3n) is 1.42. The van der Waals surface area contributed by atoms with E-state index < -0.39 is 0 Å². The summed E-state index contributed by atoms with van der Waals surface area (Å²) in [5, 5.41) is -0.354. The maximum atomic E-state index is 10.8. The summed E-state index contributed by atoms with van der Waals surface area (Å²) in [5.74, 6) is 0. The molecule has 0 aliphatic rings. The van der Waals surface area contributed by atoms with E-state index in [0.29, 0.717) is 4.88 Å². The summed E-state index contributed by atoms with van der Waals surface area (Å²) < 4.78 is 1.88. The molecule has 0 radical (unpaired) electrons. The van der Waals surface area contributed by atoms with Gasteiger partial charge in [0.2, 0.25) is 0 Å². The van der Waals surface area contributed by atoms with Gasteiger partial charge in [0.05, 0.1) is 0 Å². The summed E-state index contributed by atoms with van der Waals surface area (Å²) in [5.41, 5.74) is 1.03. The standard InChI is InChI=1S/C7H9ClNOS/c1-3-5-4-9(2)11-6(5)7(8)10/h4H,3H2,1-2H3/q+1. The molecular weight excluding hydrogens is 182 g/mol. The highest BCUT2D eigenvalue weighted by molar-refractivity contribution is 7.07. The normalized spacial score (nSPS) is 10.1. The van der Waals surface area contributed by atoms with Crippen LogP contribution in [0.15, 0.2) is 6.20 Å². The molecule has 4 heteroatoms. The van der Waals surface area contributed by atoms with Crippen LogP contribution in [0.3, 0.4) is 0 Å². The molecule has 0 saturated carbocycles. The predicted molar refractivity (Wildman–Crippen MR) is 45.1 cm³/mol. The molecule has 0 spiro atoms. The molecule has 0 atom stereocenters. The minimum absolute atomic E-state index is 0.354. The Hall–Kier alpha value is -0.410. The van der Waals surface area contributed by atoms with E-state index in [2.05, 4.69) is 0 Å². The van der Waals surface area contributed by atoms with Crippen LogP contribution in [0.1, 0.15) is 22.2 Å². The number of rotatable bonds is 2. The van der Waals surface area contributed by atoms with Crippen molar-refractivity contribution in [2.75, 3.05) is 0 Å². The second-order valence-corrected chi connectivity index (χ2v) is 3.76. The van der Waals surface area contributed by atoms with Crippen molar-refractivity contribution in [2.45, 2.75) is 13.3 Å². The second-order valence-electron chi connectivity index (χ2n) is 2.25. The highest BCUT2D eigenvalue weighted by Crippen LogP contribution is 2.14. The molecule has 1 heterocycles. The minimum Gasteiger partial charge on any atom is -0.274 e. The monoisotopic (exact) mass is 190 g/mol. The van der Waals surface area contributed by atoms with Gasteiger partial charge in [0.15, 0.2) is 18.1 Å². The van der Waals surface area contributed by atoms with Crippen LogP contribution in [0, 0.1) is 0 Å². The van der Waals surface area contributed by atoms with Crippen molar-refractivity contribution in [3.63, 3.8) is 0 Å². The largest absolute Gasteiger partial charge is 0.274 e. The molecule has 0 aliphatic heterocycles. The summed E-state index contributed by atoms with van der Waals surface area (Å²) in [7, 11) is 1.90. The molecule has 0 amide bonds. The Bertz CT molecular complexity index is 282. The molecule has 1 rings (SSSR count). The molecule has 1 aromatic rings. The molecule has 0 unspecified atom stereocenters. The fraction of sp³-hybridized carbons (Fsp3) is 0.429. The van der Waals surface area contributed by atoms with Crippen LogP contribution in [-0.4, -0.2) is 5.24 Å². The Kier molecular flexibility index (Phi) is 2.62. The van der Waals surface area contributed by atoms with Gasteiger partial charge in [0.25, 0.3) is 5.24 Å². The van der Waals surface area contributed by atoms with Crippen molar-refractivity contribution < 1.29 is 8.75 Å². The smallest absolute Gasteiger partial charge is 0.268 e. The van der Waals surface area contributed by atoms with Crippen molar-refractivity contribution in [1.29, 1.82) is 0 Å². The Labute approximate surface area is 74.6 Å². The maximum absolute atomic E-state index is 10.8. The van der Waals surface area contributed by atoms with Crippen molar-refractivity contribution in [3.05, 3.63) is 16.6 Å². The first-order chi connectivity index (χ1) is 5.15. The highest BCUT2D eigenvalue weighted by atomic mass is 35.5. The van der Waals surface area contributed by atoms with Crippen LogP contribution in [-0.2, 0) is 13.5 Å². The minimum atomic E-state index is -0.354. The Balaban J connectivity index is 3.12. The lowest BCUT2D eigenvalue weighted by molar-refractivity contribution is -0.601. The quantitative estimate of drug-likeness (QED) is 0.512. The topological polar surface area (TPSA) is 20.9 Å². The third-order valence-corrected chi connectivity index (χ3v) is 2.75. The van der Waals surface area contributed by atoms with Crippen molar-refractivity contribution >= 4 is 28.4 Å². The Morgan fingerprint density at radius 1 is 1.82 bits per heavy atom. The van der Waals surface area contributed by atoms with E-state index in [-0.39, 0.29) is 5.24 Å². The Morgan fingerprint density at radius 2 is 2.45 bits per heavy atom. The van der Waals surface area contributed by atoms with Crippen molar-refractivity contribution in [2.24, 2.45) is 7.05 Å². The molecule has 0 bridgehead atoms. The SMILES string of the molecule is CCc1c[n+](C)sc1C(=O)Cl. The van der Waals surface area contributed by atoms with Crippen molar-refractivity contribution in [1.82, 2.24) is 0 Å². The first kappa shape index (κ1) is 8.68. The number of nitrogens with zero attached hydrogens (tertiary/aromatic N) is 1. The molecule has 0 aliphatic carbocycles. The van der Waals surface area contributed by atoms with Gasteiger partial charge >= 0.3 is 0 Å². The van der Waals surface area contributed by atoms with Crippen molar-refractivity contribution in [3.8, 4) is 0 Å². The predicted octanol–water partition coefficient (Wildman–Crippen LogP) is 1.51. The van der Waals surface area contributed by atoms with E-state index in [9.17, 15) is 4.79 Å². The number of aromatic nitrogens is 1. The average molecular weight is 191 g/mol. The fourth-order valence-corrected chi connectivity index (χ4v) is 2.00. The van der Waals surface area contributed by atoms with Crippen LogP contribution < -0.4 is 3.96 Å². The van der Waals surface area contributed by atoms with E-state index in [1.54, 1.807) is 0 Å². The molecule has 60 valence electrons. The molecule has 11 heavy (non-hydrogen) atoms. The van der Waals surface area contributed by atoms with E-state index in [1.165, 1.54) is 11.5 Å². The summed E-state index contributed by atoms with van der Waals surface area (Å²) in [6.07, 6.45) is 2.78. The molecule has 0 aromatic carbocycles. The highest BCUT2D eigenvalue weighted by Gasteiger charge is 2.17. The fourth-order valence-electron chi connectivity index (χ4n) is 0.921. The number of carbonyl (C=O) groups is 1. The van der Waals surface area contributed by atoms with Gasteiger partial charge < -0.3 is 0 Å². The zero-order valence-electron chi connectivity index (χ0n) is 6.43. The van der Waals surface area contributed by atoms with Crippen LogP contribution in [0.5, 0.6) is 0 Å². The lowest BCUT2D eigenvalue weighted by Crippen LogP contribution is -2.19. The number of hydrogen-bond acceptors (Lipinski definition) is 2. The van der Waals surface area contributed by atoms with Crippen LogP contribution >= 0.6 is 23.1 Å². The summed E-state index contributed by atoms with van der Waals surface area (Å²) >= 11 is 6.74. The molecule has 0 fully saturated rings. The van der Waals surface area contributed by atoms with E-state index in [0.717, 1.165) is 12.0 Å². The number of halogens is 1. The summed E-state index contributed by atoms with van der Waals surface area (Å²) in [6.45, 7) is 2.01. The Morgan fingerprint density at radius 3 is 2.82 bits per heavy atom. The van der Waals surface area contributed by atoms with E-state index in [1.807, 2.05) is 24.1 Å². The number of hydrogen-bond donors (Lipinski definition) is 0. The van der Waals surface area contributed by atoms with Gasteiger partial charge in [0, 0.05) is 5.56 Å². The molecule has 1 aromatic heterocycles. The first-order valence-corrected chi connectivity index (χ1v) is 4.49. The third kappa shape index (κ3) is 1.79. The van der Waals surface area contributed by atoms with Gasteiger partial charge in [-0.15, -0.1) is 3.96 Å². The second kappa shape index (κ2) is 3.32. The van der Waals surface area contributed by atoms with Gasteiger partial charge in [-0.3, -0.25) is 4.79 Å². The molecule has 2 nitrogen and oxygen atoms in total. The lowest BCUT2D eigenvalue weighted by Gasteiger charge is -1.84. The van der Waals surface area contributed by atoms with Gasteiger partial charge in [-0.1, -0.05) is 6.92 Å².